The molecule has 35 heavy (non-hydrogen) atoms. The zero-order valence-electron chi connectivity index (χ0n) is 20.4. The fraction of sp³-hybridized carbons (Fsp3) is 0.241. The van der Waals surface area contributed by atoms with Crippen LogP contribution in [0.3, 0.4) is 0 Å². The van der Waals surface area contributed by atoms with Gasteiger partial charge in [-0.3, -0.25) is 4.98 Å². The van der Waals surface area contributed by atoms with Crippen molar-refractivity contribution in [2.45, 2.75) is 45.7 Å². The summed E-state index contributed by atoms with van der Waals surface area (Å²) in [7, 11) is 0. The molecule has 178 valence electrons. The van der Waals surface area contributed by atoms with E-state index in [4.69, 9.17) is 17.2 Å². The van der Waals surface area contributed by atoms with Crippen LogP contribution in [0.1, 0.15) is 60.1 Å². The maximum Gasteiger partial charge on any atom is 0.174 e. The topological polar surface area (TPSA) is 33.1 Å². The van der Waals surface area contributed by atoms with Crippen molar-refractivity contribution in [2.75, 3.05) is 4.90 Å². The van der Waals surface area contributed by atoms with Crippen LogP contribution in [0.5, 0.6) is 0 Å². The summed E-state index contributed by atoms with van der Waals surface area (Å²) in [6, 6.07) is 25.5. The summed E-state index contributed by atoms with van der Waals surface area (Å²) in [5.41, 5.74) is 8.15. The van der Waals surface area contributed by atoms with Gasteiger partial charge in [0.05, 0.1) is 17.8 Å². The molecule has 6 heteroatoms. The van der Waals surface area contributed by atoms with Crippen LogP contribution in [0.2, 0.25) is 0 Å². The Kier molecular flexibility index (Phi) is 6.51. The highest BCUT2D eigenvalue weighted by molar-refractivity contribution is 9.10. The molecule has 0 amide bonds. The number of nitrogens with one attached hydrogen (secondary N) is 1. The van der Waals surface area contributed by atoms with Crippen molar-refractivity contribution >= 4 is 38.9 Å². The lowest BCUT2D eigenvalue weighted by atomic mass is 9.96. The molecule has 0 radical (unpaired) electrons. The average molecular weight is 546 g/mol. The molecule has 0 bridgehead atoms. The summed E-state index contributed by atoms with van der Waals surface area (Å²) in [4.78, 5) is 6.96. The SMILES string of the molecule is Cc1cc([C@@H]2[C@@H](c3ccccn3)NC(=S)N2c2ccc(C(C)C)cc2)c(C)n1-c1ccc(Br)cc1. The molecule has 5 rings (SSSR count). The summed E-state index contributed by atoms with van der Waals surface area (Å²) in [5.74, 6) is 0.481. The van der Waals surface area contributed by atoms with Gasteiger partial charge in [0.1, 0.15) is 0 Å². The molecule has 0 aliphatic carbocycles. The predicted octanol–water partition coefficient (Wildman–Crippen LogP) is 7.55. The number of hydrogen-bond donors (Lipinski definition) is 1. The molecule has 4 aromatic rings. The predicted molar refractivity (Wildman–Crippen MR) is 151 cm³/mol. The minimum absolute atomic E-state index is 0.0299. The number of nitrogens with zero attached hydrogens (tertiary/aromatic N) is 3. The molecule has 1 aliphatic rings. The Morgan fingerprint density at radius 3 is 2.26 bits per heavy atom. The number of benzene rings is 2. The molecule has 1 aliphatic heterocycles. The first-order valence-corrected chi connectivity index (χ1v) is 13.1. The highest BCUT2D eigenvalue weighted by atomic mass is 79.9. The van der Waals surface area contributed by atoms with Crippen LogP contribution in [0.4, 0.5) is 5.69 Å². The Bertz CT molecular complexity index is 1340. The van der Waals surface area contributed by atoms with E-state index in [-0.39, 0.29) is 12.1 Å². The quantitative estimate of drug-likeness (QED) is 0.263. The Morgan fingerprint density at radius 2 is 1.63 bits per heavy atom. The van der Waals surface area contributed by atoms with Gasteiger partial charge in [0.15, 0.2) is 5.11 Å². The molecule has 1 N–H and O–H groups in total. The monoisotopic (exact) mass is 544 g/mol. The van der Waals surface area contributed by atoms with E-state index in [1.165, 1.54) is 22.5 Å². The first-order valence-electron chi connectivity index (χ1n) is 11.9. The van der Waals surface area contributed by atoms with Crippen molar-refractivity contribution in [2.24, 2.45) is 0 Å². The second-order valence-electron chi connectivity index (χ2n) is 9.38. The lowest BCUT2D eigenvalue weighted by molar-refractivity contribution is 0.565. The Morgan fingerprint density at radius 1 is 0.943 bits per heavy atom. The second-order valence-corrected chi connectivity index (χ2v) is 10.7. The van der Waals surface area contributed by atoms with E-state index in [0.29, 0.717) is 5.92 Å². The van der Waals surface area contributed by atoms with E-state index in [0.717, 1.165) is 26.7 Å². The highest BCUT2D eigenvalue weighted by Crippen LogP contribution is 2.44. The van der Waals surface area contributed by atoms with Crippen molar-refractivity contribution < 1.29 is 0 Å². The molecule has 2 aromatic heterocycles. The van der Waals surface area contributed by atoms with Crippen LogP contribution in [-0.2, 0) is 0 Å². The molecular formula is C29H29BrN4S. The van der Waals surface area contributed by atoms with Gasteiger partial charge in [0.25, 0.3) is 0 Å². The van der Waals surface area contributed by atoms with Gasteiger partial charge in [-0.15, -0.1) is 0 Å². The van der Waals surface area contributed by atoms with Gasteiger partial charge in [0.2, 0.25) is 0 Å². The Labute approximate surface area is 221 Å². The minimum Gasteiger partial charge on any atom is -0.351 e. The van der Waals surface area contributed by atoms with Gasteiger partial charge < -0.3 is 14.8 Å². The summed E-state index contributed by atoms with van der Waals surface area (Å²) in [5, 5.41) is 4.31. The standard InChI is InChI=1S/C29H29BrN4S/c1-18(2)21-8-12-24(13-9-21)34-28(27(32-29(34)35)26-7-5-6-16-31-26)25-17-19(3)33(20(25)4)23-14-10-22(30)11-15-23/h5-18,27-28H,1-4H3,(H,32,35)/t27-,28-/m1/s1. The van der Waals surface area contributed by atoms with E-state index < -0.39 is 0 Å². The lowest BCUT2D eigenvalue weighted by Crippen LogP contribution is -2.29. The van der Waals surface area contributed by atoms with E-state index >= 15 is 0 Å². The van der Waals surface area contributed by atoms with E-state index in [9.17, 15) is 0 Å². The molecule has 2 aromatic carbocycles. The number of hydrogen-bond acceptors (Lipinski definition) is 2. The first kappa shape index (κ1) is 23.8. The molecule has 0 spiro atoms. The van der Waals surface area contributed by atoms with Gasteiger partial charge in [-0.25, -0.2) is 0 Å². The summed E-state index contributed by atoms with van der Waals surface area (Å²) >= 11 is 9.48. The number of pyridine rings is 1. The Hall–Kier alpha value is -2.96. The highest BCUT2D eigenvalue weighted by Gasteiger charge is 2.42. The fourth-order valence-electron chi connectivity index (χ4n) is 5.04. The maximum atomic E-state index is 5.93. The van der Waals surface area contributed by atoms with Crippen molar-refractivity contribution in [1.82, 2.24) is 14.9 Å². The third-order valence-electron chi connectivity index (χ3n) is 6.81. The van der Waals surface area contributed by atoms with Crippen LogP contribution in [0.15, 0.2) is 83.5 Å². The fourth-order valence-corrected chi connectivity index (χ4v) is 5.65. The molecule has 3 heterocycles. The van der Waals surface area contributed by atoms with E-state index in [1.54, 1.807) is 0 Å². The molecule has 0 saturated carbocycles. The molecular weight excluding hydrogens is 516 g/mol. The van der Waals surface area contributed by atoms with Gasteiger partial charge in [-0.2, -0.15) is 0 Å². The third-order valence-corrected chi connectivity index (χ3v) is 7.65. The number of rotatable bonds is 5. The zero-order valence-corrected chi connectivity index (χ0v) is 22.8. The van der Waals surface area contributed by atoms with Crippen LogP contribution < -0.4 is 10.2 Å². The van der Waals surface area contributed by atoms with Crippen molar-refractivity contribution in [3.8, 4) is 5.69 Å². The van der Waals surface area contributed by atoms with Gasteiger partial charge in [-0.1, -0.05) is 48.0 Å². The van der Waals surface area contributed by atoms with Crippen LogP contribution in [0, 0.1) is 13.8 Å². The van der Waals surface area contributed by atoms with Crippen molar-refractivity contribution in [3.05, 3.63) is 112 Å². The molecule has 4 nitrogen and oxygen atoms in total. The summed E-state index contributed by atoms with van der Waals surface area (Å²) in [6.07, 6.45) is 1.85. The average Bonchev–Trinajstić information content (AvgIpc) is 3.35. The zero-order chi connectivity index (χ0) is 24.7. The largest absolute Gasteiger partial charge is 0.351 e. The molecule has 2 atom stereocenters. The van der Waals surface area contributed by atoms with Gasteiger partial charge >= 0.3 is 0 Å². The normalized spacial score (nSPS) is 17.8. The molecule has 1 saturated heterocycles. The number of aryl methyl sites for hydroxylation is 1. The van der Waals surface area contributed by atoms with Crippen LogP contribution in [-0.4, -0.2) is 14.7 Å². The second kappa shape index (κ2) is 9.59. The first-order chi connectivity index (χ1) is 16.8. The number of aromatic nitrogens is 2. The lowest BCUT2D eigenvalue weighted by Gasteiger charge is -2.28. The third kappa shape index (κ3) is 4.41. The van der Waals surface area contributed by atoms with Crippen molar-refractivity contribution in [3.63, 3.8) is 0 Å². The maximum absolute atomic E-state index is 5.93. The number of thiocarbonyl (C=S) groups is 1. The van der Waals surface area contributed by atoms with Crippen LogP contribution >= 0.6 is 28.1 Å². The smallest absolute Gasteiger partial charge is 0.174 e. The van der Waals surface area contributed by atoms with E-state index in [2.05, 4.69) is 119 Å². The summed E-state index contributed by atoms with van der Waals surface area (Å²) in [6.45, 7) is 8.79. The Balaban J connectivity index is 1.65. The van der Waals surface area contributed by atoms with E-state index in [1.807, 2.05) is 18.3 Å². The summed E-state index contributed by atoms with van der Waals surface area (Å²) < 4.78 is 3.39. The van der Waals surface area contributed by atoms with Crippen LogP contribution in [0.25, 0.3) is 5.69 Å². The number of anilines is 1. The minimum atomic E-state index is -0.0626. The molecule has 1 fully saturated rings. The van der Waals surface area contributed by atoms with Gasteiger partial charge in [0, 0.05) is 33.4 Å². The van der Waals surface area contributed by atoms with Crippen molar-refractivity contribution in [1.29, 1.82) is 0 Å². The number of halogens is 1. The molecule has 0 unspecified atom stereocenters. The van der Waals surface area contributed by atoms with Gasteiger partial charge in [-0.05, 0) is 97.7 Å².